The van der Waals surface area contributed by atoms with Gasteiger partial charge >= 0.3 is 0 Å². The van der Waals surface area contributed by atoms with Crippen molar-refractivity contribution < 1.29 is 14.4 Å². The number of nitrogens with zero attached hydrogens (tertiary/aromatic N) is 1. The molecule has 0 saturated heterocycles. The number of halogens is 1. The van der Waals surface area contributed by atoms with Crippen LogP contribution < -0.4 is 5.48 Å². The third-order valence-corrected chi connectivity index (χ3v) is 3.49. The highest BCUT2D eigenvalue weighted by Gasteiger charge is 2.11. The quantitative estimate of drug-likeness (QED) is 0.573. The van der Waals surface area contributed by atoms with Crippen molar-refractivity contribution in [3.63, 3.8) is 0 Å². The highest BCUT2D eigenvalue weighted by molar-refractivity contribution is 5.94. The number of rotatable bonds is 3. The van der Waals surface area contributed by atoms with Crippen LogP contribution in [0.4, 0.5) is 4.39 Å². The fraction of sp³-hybridized carbons (Fsp3) is 0. The first-order valence-corrected chi connectivity index (χ1v) is 6.94. The molecule has 2 aromatic carbocycles. The molecule has 1 aromatic heterocycles. The van der Waals surface area contributed by atoms with E-state index >= 15 is 0 Å². The van der Waals surface area contributed by atoms with Crippen molar-refractivity contribution in [2.45, 2.75) is 0 Å². The Morgan fingerprint density at radius 3 is 2.43 bits per heavy atom. The van der Waals surface area contributed by atoms with Gasteiger partial charge in [-0.25, -0.2) is 9.87 Å². The lowest BCUT2D eigenvalue weighted by Gasteiger charge is -2.08. The van der Waals surface area contributed by atoms with Crippen molar-refractivity contribution in [2.75, 3.05) is 0 Å². The molecule has 114 valence electrons. The molecule has 0 aliphatic heterocycles. The zero-order chi connectivity index (χ0) is 16.2. The second-order valence-electron chi connectivity index (χ2n) is 4.96. The fourth-order valence-electron chi connectivity index (χ4n) is 2.34. The summed E-state index contributed by atoms with van der Waals surface area (Å²) in [6.07, 6.45) is 2.76. The Bertz CT molecular complexity index is 851. The number of nitrogens with one attached hydrogen (secondary N) is 1. The van der Waals surface area contributed by atoms with Crippen LogP contribution in [0.1, 0.15) is 10.4 Å². The third kappa shape index (κ3) is 3.09. The molecule has 1 heterocycles. The summed E-state index contributed by atoms with van der Waals surface area (Å²) in [5, 5.41) is 8.67. The van der Waals surface area contributed by atoms with Crippen LogP contribution in [-0.2, 0) is 0 Å². The summed E-state index contributed by atoms with van der Waals surface area (Å²) in [5.74, 6) is -1.10. The molecule has 0 fully saturated rings. The minimum absolute atomic E-state index is 0.150. The molecule has 2 N–H and O–H groups in total. The highest BCUT2D eigenvalue weighted by Crippen LogP contribution is 2.28. The molecule has 1 amide bonds. The second kappa shape index (κ2) is 6.37. The van der Waals surface area contributed by atoms with Gasteiger partial charge in [0.2, 0.25) is 0 Å². The maximum atomic E-state index is 14.5. The standard InChI is InChI=1S/C18H13FN2O2/c19-17-9-13(12-4-2-1-3-5-12)6-7-16(17)14-8-15(11-20-10-14)18(22)21-23/h1-11,23H,(H,21,22). The summed E-state index contributed by atoms with van der Waals surface area (Å²) in [6.45, 7) is 0. The van der Waals surface area contributed by atoms with Crippen LogP contribution >= 0.6 is 0 Å². The molecule has 5 heteroatoms. The third-order valence-electron chi connectivity index (χ3n) is 3.49. The van der Waals surface area contributed by atoms with E-state index in [0.717, 1.165) is 11.1 Å². The van der Waals surface area contributed by atoms with E-state index in [1.807, 2.05) is 36.4 Å². The van der Waals surface area contributed by atoms with Crippen LogP contribution in [-0.4, -0.2) is 16.1 Å². The van der Waals surface area contributed by atoms with Crippen LogP contribution in [0.15, 0.2) is 67.0 Å². The maximum Gasteiger partial charge on any atom is 0.276 e. The van der Waals surface area contributed by atoms with E-state index in [9.17, 15) is 9.18 Å². The number of pyridine rings is 1. The van der Waals surface area contributed by atoms with E-state index in [-0.39, 0.29) is 5.56 Å². The van der Waals surface area contributed by atoms with Gasteiger partial charge in [0, 0.05) is 23.5 Å². The lowest BCUT2D eigenvalue weighted by molar-refractivity contribution is 0.0706. The first kappa shape index (κ1) is 14.9. The van der Waals surface area contributed by atoms with Crippen molar-refractivity contribution in [3.8, 4) is 22.3 Å². The van der Waals surface area contributed by atoms with Gasteiger partial charge in [-0.05, 0) is 23.3 Å². The van der Waals surface area contributed by atoms with Gasteiger partial charge in [0.05, 0.1) is 5.56 Å². The van der Waals surface area contributed by atoms with Gasteiger partial charge in [-0.3, -0.25) is 15.0 Å². The van der Waals surface area contributed by atoms with E-state index in [1.165, 1.54) is 30.0 Å². The average molecular weight is 308 g/mol. The van der Waals surface area contributed by atoms with Crippen molar-refractivity contribution in [2.24, 2.45) is 0 Å². The topological polar surface area (TPSA) is 62.2 Å². The molecule has 0 aliphatic rings. The summed E-state index contributed by atoms with van der Waals surface area (Å²) in [4.78, 5) is 15.3. The zero-order valence-corrected chi connectivity index (χ0v) is 12.0. The van der Waals surface area contributed by atoms with Crippen LogP contribution in [0.25, 0.3) is 22.3 Å². The number of aromatic nitrogens is 1. The first-order chi connectivity index (χ1) is 11.2. The first-order valence-electron chi connectivity index (χ1n) is 6.94. The maximum absolute atomic E-state index is 14.5. The van der Waals surface area contributed by atoms with E-state index in [0.29, 0.717) is 11.1 Å². The molecular weight excluding hydrogens is 295 g/mol. The molecule has 0 aliphatic carbocycles. The van der Waals surface area contributed by atoms with E-state index in [4.69, 9.17) is 5.21 Å². The Morgan fingerprint density at radius 2 is 1.74 bits per heavy atom. The number of benzene rings is 2. The van der Waals surface area contributed by atoms with Gasteiger partial charge in [0.15, 0.2) is 0 Å². The van der Waals surface area contributed by atoms with Gasteiger partial charge in [-0.1, -0.05) is 42.5 Å². The summed E-state index contributed by atoms with van der Waals surface area (Å²) in [6, 6.07) is 15.9. The minimum Gasteiger partial charge on any atom is -0.288 e. The minimum atomic E-state index is -0.694. The largest absolute Gasteiger partial charge is 0.288 e. The van der Waals surface area contributed by atoms with Crippen LogP contribution in [0, 0.1) is 5.82 Å². The van der Waals surface area contributed by atoms with Gasteiger partial charge in [0.25, 0.3) is 5.91 Å². The number of carbonyl (C=O) groups excluding carboxylic acids is 1. The molecule has 4 nitrogen and oxygen atoms in total. The van der Waals surface area contributed by atoms with Crippen LogP contribution in [0.3, 0.4) is 0 Å². The predicted octanol–water partition coefficient (Wildman–Crippen LogP) is 3.67. The molecular formula is C18H13FN2O2. The summed E-state index contributed by atoms with van der Waals surface area (Å²) in [5.41, 5.74) is 4.17. The molecule has 0 radical (unpaired) electrons. The van der Waals surface area contributed by atoms with Crippen molar-refractivity contribution in [1.29, 1.82) is 0 Å². The zero-order valence-electron chi connectivity index (χ0n) is 12.0. The lowest BCUT2D eigenvalue weighted by Crippen LogP contribution is -2.18. The highest BCUT2D eigenvalue weighted by atomic mass is 19.1. The van der Waals surface area contributed by atoms with E-state index in [2.05, 4.69) is 4.98 Å². The van der Waals surface area contributed by atoms with E-state index < -0.39 is 11.7 Å². The van der Waals surface area contributed by atoms with Gasteiger partial charge < -0.3 is 0 Å². The molecule has 0 saturated carbocycles. The number of hydrogen-bond donors (Lipinski definition) is 2. The number of hydrogen-bond acceptors (Lipinski definition) is 3. The summed E-state index contributed by atoms with van der Waals surface area (Å²) >= 11 is 0. The predicted molar refractivity (Wildman–Crippen MR) is 84.3 cm³/mol. The normalized spacial score (nSPS) is 10.3. The molecule has 0 spiro atoms. The second-order valence-corrected chi connectivity index (χ2v) is 4.96. The molecule has 0 bridgehead atoms. The van der Waals surface area contributed by atoms with Crippen LogP contribution in [0.2, 0.25) is 0 Å². The van der Waals surface area contributed by atoms with Crippen molar-refractivity contribution >= 4 is 5.91 Å². The SMILES string of the molecule is O=C(NO)c1cncc(-c2ccc(-c3ccccc3)cc2F)c1. The summed E-state index contributed by atoms with van der Waals surface area (Å²) in [7, 11) is 0. The molecule has 3 aromatic rings. The fourth-order valence-corrected chi connectivity index (χ4v) is 2.34. The van der Waals surface area contributed by atoms with Gasteiger partial charge in [0.1, 0.15) is 5.82 Å². The molecule has 0 unspecified atom stereocenters. The smallest absolute Gasteiger partial charge is 0.276 e. The molecule has 23 heavy (non-hydrogen) atoms. The van der Waals surface area contributed by atoms with Gasteiger partial charge in [-0.2, -0.15) is 0 Å². The Labute approximate surface area is 132 Å². The Morgan fingerprint density at radius 1 is 0.957 bits per heavy atom. The number of amides is 1. The Kier molecular flexibility index (Phi) is 4.12. The Balaban J connectivity index is 2.00. The lowest BCUT2D eigenvalue weighted by atomic mass is 10.00. The molecule has 0 atom stereocenters. The molecule has 3 rings (SSSR count). The van der Waals surface area contributed by atoms with E-state index in [1.54, 1.807) is 6.07 Å². The Hall–Kier alpha value is -3.05. The average Bonchev–Trinajstić information content (AvgIpc) is 2.61. The van der Waals surface area contributed by atoms with Crippen molar-refractivity contribution in [1.82, 2.24) is 10.5 Å². The number of carbonyl (C=O) groups is 1. The number of hydroxylamine groups is 1. The monoisotopic (exact) mass is 308 g/mol. The van der Waals surface area contributed by atoms with Crippen molar-refractivity contribution in [3.05, 3.63) is 78.4 Å². The van der Waals surface area contributed by atoms with Gasteiger partial charge in [-0.15, -0.1) is 0 Å². The van der Waals surface area contributed by atoms with Crippen LogP contribution in [0.5, 0.6) is 0 Å². The summed E-state index contributed by atoms with van der Waals surface area (Å²) < 4.78 is 14.5.